The van der Waals surface area contributed by atoms with Gasteiger partial charge in [-0.1, -0.05) is 27.7 Å². The topological polar surface area (TPSA) is 177 Å². The molecule has 0 aromatic rings. The molecule has 0 radical (unpaired) electrons. The molecule has 4 atom stereocenters. The Labute approximate surface area is 190 Å². The fourth-order valence-corrected chi connectivity index (χ4v) is 3.15. The Balaban J connectivity index is 5.11. The zero-order valence-corrected chi connectivity index (χ0v) is 19.8. The SMILES string of the molecule is CC(C)CC(N)C(=O)NC(CS)C(=O)NC(C(=O)NC(CCCCN)C(=O)O)C(C)C. The molecule has 4 unspecified atom stereocenters. The largest absolute Gasteiger partial charge is 0.480 e. The first-order valence-corrected chi connectivity index (χ1v) is 11.3. The fourth-order valence-electron chi connectivity index (χ4n) is 2.89. The summed E-state index contributed by atoms with van der Waals surface area (Å²) in [4.78, 5) is 49.1. The number of carboxylic acid groups (broad SMARTS) is 1. The molecule has 0 spiro atoms. The van der Waals surface area contributed by atoms with Crippen molar-refractivity contribution in [2.24, 2.45) is 23.3 Å². The van der Waals surface area contributed by atoms with Crippen LogP contribution in [0.2, 0.25) is 0 Å². The average Bonchev–Trinajstić information content (AvgIpc) is 2.67. The molecule has 0 rings (SSSR count). The van der Waals surface area contributed by atoms with Gasteiger partial charge in [-0.15, -0.1) is 0 Å². The average molecular weight is 462 g/mol. The lowest BCUT2D eigenvalue weighted by Gasteiger charge is -2.26. The minimum Gasteiger partial charge on any atom is -0.480 e. The molecule has 0 aromatic heterocycles. The normalized spacial score (nSPS) is 15.1. The van der Waals surface area contributed by atoms with Crippen LogP contribution in [0, 0.1) is 11.8 Å². The van der Waals surface area contributed by atoms with Crippen LogP contribution >= 0.6 is 12.6 Å². The van der Waals surface area contributed by atoms with E-state index in [-0.39, 0.29) is 24.0 Å². The molecule has 8 N–H and O–H groups in total. The van der Waals surface area contributed by atoms with Crippen molar-refractivity contribution < 1.29 is 24.3 Å². The van der Waals surface area contributed by atoms with Gasteiger partial charge in [-0.25, -0.2) is 4.79 Å². The summed E-state index contributed by atoms with van der Waals surface area (Å²) >= 11 is 4.12. The molecular formula is C20H39N5O5S. The maximum Gasteiger partial charge on any atom is 0.326 e. The van der Waals surface area contributed by atoms with Crippen molar-refractivity contribution in [2.75, 3.05) is 12.3 Å². The molecule has 0 bridgehead atoms. The molecule has 0 aliphatic heterocycles. The third-order valence-corrected chi connectivity index (χ3v) is 5.05. The van der Waals surface area contributed by atoms with Crippen molar-refractivity contribution in [3.8, 4) is 0 Å². The van der Waals surface area contributed by atoms with Gasteiger partial charge in [-0.05, 0) is 44.1 Å². The highest BCUT2D eigenvalue weighted by atomic mass is 32.1. The lowest BCUT2D eigenvalue weighted by Crippen LogP contribution is -2.59. The predicted octanol–water partition coefficient (Wildman–Crippen LogP) is -0.386. The van der Waals surface area contributed by atoms with Crippen LogP contribution in [0.4, 0.5) is 0 Å². The Morgan fingerprint density at radius 1 is 0.903 bits per heavy atom. The number of rotatable bonds is 15. The van der Waals surface area contributed by atoms with E-state index in [1.54, 1.807) is 13.8 Å². The summed E-state index contributed by atoms with van der Waals surface area (Å²) in [6.45, 7) is 7.75. The van der Waals surface area contributed by atoms with E-state index in [1.165, 1.54) is 0 Å². The van der Waals surface area contributed by atoms with E-state index in [1.807, 2.05) is 13.8 Å². The highest BCUT2D eigenvalue weighted by Crippen LogP contribution is 2.07. The van der Waals surface area contributed by atoms with Crippen molar-refractivity contribution >= 4 is 36.3 Å². The van der Waals surface area contributed by atoms with Gasteiger partial charge in [-0.2, -0.15) is 12.6 Å². The minimum atomic E-state index is -1.15. The van der Waals surface area contributed by atoms with Crippen molar-refractivity contribution in [3.63, 3.8) is 0 Å². The number of carboxylic acids is 1. The number of unbranched alkanes of at least 4 members (excludes halogenated alkanes) is 1. The Morgan fingerprint density at radius 2 is 1.48 bits per heavy atom. The van der Waals surface area contributed by atoms with Crippen molar-refractivity contribution in [2.45, 2.75) is 77.5 Å². The third-order valence-electron chi connectivity index (χ3n) is 4.69. The van der Waals surface area contributed by atoms with E-state index in [4.69, 9.17) is 11.5 Å². The number of nitrogens with two attached hydrogens (primary N) is 2. The smallest absolute Gasteiger partial charge is 0.326 e. The van der Waals surface area contributed by atoms with E-state index in [9.17, 15) is 24.3 Å². The van der Waals surface area contributed by atoms with Crippen molar-refractivity contribution in [1.29, 1.82) is 0 Å². The third kappa shape index (κ3) is 11.4. The molecule has 11 heteroatoms. The number of carbonyl (C=O) groups excluding carboxylic acids is 3. The van der Waals surface area contributed by atoms with Gasteiger partial charge < -0.3 is 32.5 Å². The first kappa shape index (κ1) is 29.1. The molecule has 0 fully saturated rings. The van der Waals surface area contributed by atoms with Gasteiger partial charge in [0, 0.05) is 5.75 Å². The molecule has 0 aromatic carbocycles. The Bertz CT molecular complexity index is 603. The Kier molecular flexibility index (Phi) is 14.1. The summed E-state index contributed by atoms with van der Waals surface area (Å²) in [5.41, 5.74) is 11.3. The first-order chi connectivity index (χ1) is 14.4. The molecule has 10 nitrogen and oxygen atoms in total. The maximum atomic E-state index is 12.7. The molecule has 0 aliphatic carbocycles. The van der Waals surface area contributed by atoms with Gasteiger partial charge in [0.15, 0.2) is 0 Å². The van der Waals surface area contributed by atoms with Crippen molar-refractivity contribution in [1.82, 2.24) is 16.0 Å². The van der Waals surface area contributed by atoms with Crippen LogP contribution in [-0.2, 0) is 19.2 Å². The van der Waals surface area contributed by atoms with Gasteiger partial charge >= 0.3 is 5.97 Å². The van der Waals surface area contributed by atoms with Crippen LogP contribution in [0.15, 0.2) is 0 Å². The minimum absolute atomic E-state index is 0.00917. The molecule has 0 saturated carbocycles. The second-order valence-corrected chi connectivity index (χ2v) is 8.76. The van der Waals surface area contributed by atoms with Crippen LogP contribution in [0.3, 0.4) is 0 Å². The lowest BCUT2D eigenvalue weighted by atomic mass is 10.0. The number of aliphatic carboxylic acids is 1. The molecule has 31 heavy (non-hydrogen) atoms. The highest BCUT2D eigenvalue weighted by Gasteiger charge is 2.31. The number of amides is 3. The van der Waals surface area contributed by atoms with Gasteiger partial charge in [0.1, 0.15) is 18.1 Å². The summed E-state index contributed by atoms with van der Waals surface area (Å²) in [6, 6.07) is -3.80. The number of nitrogens with one attached hydrogen (secondary N) is 3. The second kappa shape index (κ2) is 15.0. The maximum absolute atomic E-state index is 12.7. The number of thiol groups is 1. The molecule has 0 heterocycles. The van der Waals surface area contributed by atoms with Crippen LogP contribution < -0.4 is 27.4 Å². The zero-order valence-electron chi connectivity index (χ0n) is 18.9. The van der Waals surface area contributed by atoms with E-state index < -0.39 is 47.9 Å². The first-order valence-electron chi connectivity index (χ1n) is 10.6. The number of hydrogen-bond donors (Lipinski definition) is 7. The number of carbonyl (C=O) groups is 4. The predicted molar refractivity (Wildman–Crippen MR) is 122 cm³/mol. The molecule has 0 saturated heterocycles. The quantitative estimate of drug-likeness (QED) is 0.128. The van der Waals surface area contributed by atoms with Crippen molar-refractivity contribution in [3.05, 3.63) is 0 Å². The van der Waals surface area contributed by atoms with E-state index in [0.29, 0.717) is 25.8 Å². The monoisotopic (exact) mass is 461 g/mol. The zero-order chi connectivity index (χ0) is 24.1. The van der Waals surface area contributed by atoms with Gasteiger partial charge in [0.2, 0.25) is 17.7 Å². The molecular weight excluding hydrogens is 422 g/mol. The van der Waals surface area contributed by atoms with E-state index in [2.05, 4.69) is 28.6 Å². The van der Waals surface area contributed by atoms with Crippen LogP contribution in [0.1, 0.15) is 53.4 Å². The van der Waals surface area contributed by atoms with E-state index >= 15 is 0 Å². The summed E-state index contributed by atoms with van der Waals surface area (Å²) in [5.74, 6) is -2.92. The Morgan fingerprint density at radius 3 is 1.94 bits per heavy atom. The van der Waals surface area contributed by atoms with Gasteiger partial charge in [0.25, 0.3) is 0 Å². The van der Waals surface area contributed by atoms with Crippen LogP contribution in [-0.4, -0.2) is 65.3 Å². The fraction of sp³-hybridized carbons (Fsp3) is 0.800. The summed E-state index contributed by atoms with van der Waals surface area (Å²) in [5, 5.41) is 17.0. The van der Waals surface area contributed by atoms with E-state index in [0.717, 1.165) is 0 Å². The molecule has 180 valence electrons. The second-order valence-electron chi connectivity index (χ2n) is 8.39. The standard InChI is InChI=1S/C20H39N5O5S/c1-11(2)9-13(22)17(26)24-15(10-31)18(27)25-16(12(3)4)19(28)23-14(20(29)30)7-5-6-8-21/h11-16,31H,5-10,21-22H2,1-4H3,(H,23,28)(H,24,26)(H,25,27)(H,29,30). The lowest BCUT2D eigenvalue weighted by molar-refractivity contribution is -0.142. The highest BCUT2D eigenvalue weighted by molar-refractivity contribution is 7.80. The number of hydrogen-bond acceptors (Lipinski definition) is 7. The summed E-state index contributed by atoms with van der Waals surface area (Å²) in [6.07, 6.45) is 1.90. The van der Waals surface area contributed by atoms with Gasteiger partial charge in [-0.3, -0.25) is 14.4 Å². The van der Waals surface area contributed by atoms with Gasteiger partial charge in [0.05, 0.1) is 6.04 Å². The molecule has 0 aliphatic rings. The van der Waals surface area contributed by atoms with Crippen LogP contribution in [0.5, 0.6) is 0 Å². The molecule has 3 amide bonds. The van der Waals surface area contributed by atoms with Crippen LogP contribution in [0.25, 0.3) is 0 Å². The summed E-state index contributed by atoms with van der Waals surface area (Å²) in [7, 11) is 0. The summed E-state index contributed by atoms with van der Waals surface area (Å²) < 4.78 is 0. The Hall–Kier alpha value is -1.85.